The van der Waals surface area contributed by atoms with Crippen molar-refractivity contribution in [1.82, 2.24) is 5.32 Å². The second kappa shape index (κ2) is 6.33. The van der Waals surface area contributed by atoms with Gasteiger partial charge in [0.05, 0.1) is 5.02 Å². The van der Waals surface area contributed by atoms with Crippen molar-refractivity contribution in [1.29, 1.82) is 0 Å². The first-order valence-corrected chi connectivity index (χ1v) is 6.86. The van der Waals surface area contributed by atoms with Gasteiger partial charge < -0.3 is 5.32 Å². The summed E-state index contributed by atoms with van der Waals surface area (Å²) in [7, 11) is 0. The summed E-state index contributed by atoms with van der Waals surface area (Å²) in [4.78, 5) is 0. The van der Waals surface area contributed by atoms with Crippen LogP contribution in [0.15, 0.2) is 30.3 Å². The molecule has 0 heterocycles. The summed E-state index contributed by atoms with van der Waals surface area (Å²) in [6.07, 6.45) is 0. The van der Waals surface area contributed by atoms with E-state index in [0.717, 1.165) is 35.4 Å². The molecule has 1 nitrogen and oxygen atoms in total. The Hall–Kier alpha value is -1.45. The third kappa shape index (κ3) is 3.17. The van der Waals surface area contributed by atoms with Gasteiger partial charge in [-0.1, -0.05) is 42.3 Å². The quantitative estimate of drug-likeness (QED) is 0.806. The molecule has 0 atom stereocenters. The van der Waals surface area contributed by atoms with E-state index in [2.05, 4.69) is 5.32 Å². The van der Waals surface area contributed by atoms with Gasteiger partial charge in [-0.2, -0.15) is 0 Å². The highest BCUT2D eigenvalue weighted by Crippen LogP contribution is 2.33. The minimum atomic E-state index is -0.931. The lowest BCUT2D eigenvalue weighted by atomic mass is 9.97. The molecule has 0 amide bonds. The normalized spacial score (nSPS) is 10.8. The largest absolute Gasteiger partial charge is 0.313 e. The van der Waals surface area contributed by atoms with Gasteiger partial charge in [-0.05, 0) is 36.7 Å². The fraction of sp³-hybridized carbons (Fsp3) is 0.250. The zero-order chi connectivity index (χ0) is 14.7. The van der Waals surface area contributed by atoms with Gasteiger partial charge in [0, 0.05) is 12.1 Å². The van der Waals surface area contributed by atoms with E-state index in [4.69, 9.17) is 11.6 Å². The minimum absolute atomic E-state index is 0.215. The smallest absolute Gasteiger partial charge is 0.160 e. The van der Waals surface area contributed by atoms with Crippen LogP contribution < -0.4 is 5.32 Å². The average molecular weight is 296 g/mol. The predicted molar refractivity (Wildman–Crippen MR) is 78.9 cm³/mol. The second-order valence-corrected chi connectivity index (χ2v) is 5.09. The van der Waals surface area contributed by atoms with Crippen LogP contribution in [0.2, 0.25) is 5.02 Å². The van der Waals surface area contributed by atoms with E-state index >= 15 is 0 Å². The summed E-state index contributed by atoms with van der Waals surface area (Å²) < 4.78 is 26.7. The third-order valence-electron chi connectivity index (χ3n) is 3.13. The van der Waals surface area contributed by atoms with Gasteiger partial charge in [0.25, 0.3) is 0 Å². The van der Waals surface area contributed by atoms with Crippen LogP contribution in [0.4, 0.5) is 8.78 Å². The number of halogens is 3. The first-order valence-electron chi connectivity index (χ1n) is 6.48. The van der Waals surface area contributed by atoms with E-state index in [9.17, 15) is 8.78 Å². The minimum Gasteiger partial charge on any atom is -0.313 e. The molecule has 0 aliphatic heterocycles. The van der Waals surface area contributed by atoms with Gasteiger partial charge in [0.1, 0.15) is 0 Å². The number of nitrogens with one attached hydrogen (secondary N) is 1. The molecule has 0 aromatic heterocycles. The second-order valence-electron chi connectivity index (χ2n) is 4.69. The molecule has 2 rings (SSSR count). The Bertz CT molecular complexity index is 626. The molecule has 2 aromatic carbocycles. The van der Waals surface area contributed by atoms with Crippen molar-refractivity contribution in [2.75, 3.05) is 6.54 Å². The van der Waals surface area contributed by atoms with Crippen molar-refractivity contribution in [2.24, 2.45) is 0 Å². The number of rotatable bonds is 4. The van der Waals surface area contributed by atoms with Crippen molar-refractivity contribution in [3.63, 3.8) is 0 Å². The molecule has 0 bridgehead atoms. The molecular weight excluding hydrogens is 280 g/mol. The van der Waals surface area contributed by atoms with Crippen molar-refractivity contribution in [3.05, 3.63) is 58.1 Å². The summed E-state index contributed by atoms with van der Waals surface area (Å²) in [5.74, 6) is -1.82. The lowest BCUT2D eigenvalue weighted by molar-refractivity contribution is 0.509. The van der Waals surface area contributed by atoms with E-state index in [1.54, 1.807) is 0 Å². The van der Waals surface area contributed by atoms with Gasteiger partial charge in [0.2, 0.25) is 0 Å². The first kappa shape index (κ1) is 14.9. The predicted octanol–water partition coefficient (Wildman–Crippen LogP) is 4.70. The maximum absolute atomic E-state index is 13.5. The highest BCUT2D eigenvalue weighted by molar-refractivity contribution is 6.33. The van der Waals surface area contributed by atoms with Crippen LogP contribution in [-0.4, -0.2) is 6.54 Å². The molecule has 106 valence electrons. The molecule has 0 fully saturated rings. The summed E-state index contributed by atoms with van der Waals surface area (Å²) >= 11 is 6.07. The number of aryl methyl sites for hydroxylation is 1. The lowest BCUT2D eigenvalue weighted by Crippen LogP contribution is -2.12. The number of hydrogen-bond donors (Lipinski definition) is 1. The summed E-state index contributed by atoms with van der Waals surface area (Å²) in [5.41, 5.74) is 3.39. The topological polar surface area (TPSA) is 12.0 Å². The van der Waals surface area contributed by atoms with E-state index in [0.29, 0.717) is 12.1 Å². The Labute approximate surface area is 122 Å². The summed E-state index contributed by atoms with van der Waals surface area (Å²) in [5, 5.41) is 3.44. The standard InChI is InChI=1S/C16H16ClF2N/c1-3-20-9-11-5-4-10(2)6-12(11)13-7-15(18)16(19)8-14(13)17/h4-8,20H,3,9H2,1-2H3. The maximum atomic E-state index is 13.5. The van der Waals surface area contributed by atoms with Crippen LogP contribution in [0.25, 0.3) is 11.1 Å². The van der Waals surface area contributed by atoms with Crippen LogP contribution in [0.1, 0.15) is 18.1 Å². The number of benzene rings is 2. The molecular formula is C16H16ClF2N. The third-order valence-corrected chi connectivity index (χ3v) is 3.44. The zero-order valence-electron chi connectivity index (χ0n) is 11.4. The lowest BCUT2D eigenvalue weighted by Gasteiger charge is -2.13. The summed E-state index contributed by atoms with van der Waals surface area (Å²) in [6.45, 7) is 5.45. The van der Waals surface area contributed by atoms with Crippen molar-refractivity contribution < 1.29 is 8.78 Å². The molecule has 0 aliphatic carbocycles. The van der Waals surface area contributed by atoms with E-state index < -0.39 is 11.6 Å². The molecule has 0 saturated carbocycles. The SMILES string of the molecule is CCNCc1ccc(C)cc1-c1cc(F)c(F)cc1Cl. The maximum Gasteiger partial charge on any atom is 0.160 e. The summed E-state index contributed by atoms with van der Waals surface area (Å²) in [6, 6.07) is 8.08. The van der Waals surface area contributed by atoms with E-state index in [-0.39, 0.29) is 5.02 Å². The number of hydrogen-bond acceptors (Lipinski definition) is 1. The van der Waals surface area contributed by atoms with E-state index in [1.807, 2.05) is 32.0 Å². The Morgan fingerprint density at radius 3 is 2.45 bits per heavy atom. The molecule has 0 saturated heterocycles. The molecule has 20 heavy (non-hydrogen) atoms. The van der Waals surface area contributed by atoms with E-state index in [1.165, 1.54) is 0 Å². The zero-order valence-corrected chi connectivity index (χ0v) is 12.2. The molecule has 4 heteroatoms. The van der Waals surface area contributed by atoms with Crippen molar-refractivity contribution in [3.8, 4) is 11.1 Å². The van der Waals surface area contributed by atoms with Crippen LogP contribution in [0.5, 0.6) is 0 Å². The molecule has 0 unspecified atom stereocenters. The highest BCUT2D eigenvalue weighted by Gasteiger charge is 2.13. The highest BCUT2D eigenvalue weighted by atomic mass is 35.5. The van der Waals surface area contributed by atoms with Crippen molar-refractivity contribution >= 4 is 11.6 Å². The van der Waals surface area contributed by atoms with Gasteiger partial charge in [-0.3, -0.25) is 0 Å². The van der Waals surface area contributed by atoms with Gasteiger partial charge >= 0.3 is 0 Å². The fourth-order valence-electron chi connectivity index (χ4n) is 2.08. The van der Waals surface area contributed by atoms with Gasteiger partial charge in [-0.15, -0.1) is 0 Å². The van der Waals surface area contributed by atoms with Crippen molar-refractivity contribution in [2.45, 2.75) is 20.4 Å². The average Bonchev–Trinajstić information content (AvgIpc) is 2.41. The Morgan fingerprint density at radius 1 is 1.05 bits per heavy atom. The molecule has 0 aliphatic rings. The molecule has 2 aromatic rings. The molecule has 1 N–H and O–H groups in total. The monoisotopic (exact) mass is 295 g/mol. The Balaban J connectivity index is 2.55. The fourth-order valence-corrected chi connectivity index (χ4v) is 2.34. The van der Waals surface area contributed by atoms with Crippen LogP contribution in [0.3, 0.4) is 0 Å². The molecule has 0 radical (unpaired) electrons. The molecule has 0 spiro atoms. The Kier molecular flexibility index (Phi) is 4.73. The van der Waals surface area contributed by atoms with Crippen LogP contribution in [0, 0.1) is 18.6 Å². The van der Waals surface area contributed by atoms with Crippen LogP contribution in [-0.2, 0) is 6.54 Å². The Morgan fingerprint density at radius 2 is 1.75 bits per heavy atom. The van der Waals surface area contributed by atoms with Gasteiger partial charge in [-0.25, -0.2) is 8.78 Å². The first-order chi connectivity index (χ1) is 9.52. The van der Waals surface area contributed by atoms with Crippen LogP contribution >= 0.6 is 11.6 Å². The van der Waals surface area contributed by atoms with Gasteiger partial charge in [0.15, 0.2) is 11.6 Å².